The second-order valence-electron chi connectivity index (χ2n) is 4.24. The summed E-state index contributed by atoms with van der Waals surface area (Å²) in [6, 6.07) is 4.24. The van der Waals surface area contributed by atoms with E-state index in [9.17, 15) is 0 Å². The highest BCUT2D eigenvalue weighted by Gasteiger charge is 2.16. The van der Waals surface area contributed by atoms with E-state index in [1.54, 1.807) is 0 Å². The van der Waals surface area contributed by atoms with Crippen molar-refractivity contribution in [2.24, 2.45) is 5.73 Å². The minimum atomic E-state index is 0.107. The van der Waals surface area contributed by atoms with Gasteiger partial charge in [0.25, 0.3) is 0 Å². The predicted octanol–water partition coefficient (Wildman–Crippen LogP) is 3.14. The molecule has 3 heteroatoms. The normalized spacial score (nSPS) is 19.3. The molecule has 82 valence electrons. The molecule has 1 unspecified atom stereocenters. The maximum absolute atomic E-state index is 5.85. The third kappa shape index (κ3) is 2.95. The summed E-state index contributed by atoms with van der Waals surface area (Å²) >= 11 is 1.92. The molecule has 1 heterocycles. The van der Waals surface area contributed by atoms with Crippen molar-refractivity contribution in [3.63, 3.8) is 0 Å². The van der Waals surface area contributed by atoms with E-state index in [2.05, 4.69) is 11.1 Å². The molecular formula is C12H18N2S. The average molecular weight is 222 g/mol. The van der Waals surface area contributed by atoms with Crippen molar-refractivity contribution < 1.29 is 0 Å². The molecule has 2 nitrogen and oxygen atoms in total. The second kappa shape index (κ2) is 4.99. The number of rotatable bonds is 3. The fourth-order valence-corrected chi connectivity index (χ4v) is 3.19. The van der Waals surface area contributed by atoms with E-state index in [0.717, 1.165) is 10.3 Å². The first-order valence-corrected chi connectivity index (χ1v) is 6.52. The molecule has 0 aliphatic heterocycles. The van der Waals surface area contributed by atoms with Gasteiger partial charge in [0.2, 0.25) is 0 Å². The summed E-state index contributed by atoms with van der Waals surface area (Å²) in [5.41, 5.74) is 7.04. The first-order chi connectivity index (χ1) is 7.25. The monoisotopic (exact) mass is 222 g/mol. The van der Waals surface area contributed by atoms with Gasteiger partial charge in [-0.3, -0.25) is 0 Å². The Labute approximate surface area is 95.7 Å². The van der Waals surface area contributed by atoms with Crippen LogP contribution in [0, 0.1) is 0 Å². The quantitative estimate of drug-likeness (QED) is 0.854. The minimum absolute atomic E-state index is 0.107. The van der Waals surface area contributed by atoms with Gasteiger partial charge in [-0.1, -0.05) is 12.8 Å². The van der Waals surface area contributed by atoms with Gasteiger partial charge >= 0.3 is 0 Å². The fourth-order valence-electron chi connectivity index (χ4n) is 1.95. The molecule has 1 aromatic rings. The third-order valence-corrected chi connectivity index (χ3v) is 4.14. The van der Waals surface area contributed by atoms with Gasteiger partial charge in [-0.15, -0.1) is 11.8 Å². The molecule has 0 amide bonds. The van der Waals surface area contributed by atoms with Gasteiger partial charge in [0.15, 0.2) is 0 Å². The van der Waals surface area contributed by atoms with Crippen LogP contribution in [0.15, 0.2) is 23.4 Å². The van der Waals surface area contributed by atoms with Crippen molar-refractivity contribution >= 4 is 11.8 Å². The van der Waals surface area contributed by atoms with Crippen LogP contribution in [0.2, 0.25) is 0 Å². The Hall–Kier alpha value is -0.540. The molecular weight excluding hydrogens is 204 g/mol. The Kier molecular flexibility index (Phi) is 3.65. The molecule has 2 rings (SSSR count). The lowest BCUT2D eigenvalue weighted by Gasteiger charge is -2.10. The molecule has 0 spiro atoms. The zero-order valence-corrected chi connectivity index (χ0v) is 9.96. The van der Waals surface area contributed by atoms with Gasteiger partial charge in [-0.05, 0) is 37.5 Å². The SMILES string of the molecule is CC(N)c1ccnc(SC2CCCC2)c1. The van der Waals surface area contributed by atoms with Gasteiger partial charge in [0.1, 0.15) is 0 Å². The second-order valence-corrected chi connectivity index (χ2v) is 5.56. The van der Waals surface area contributed by atoms with Crippen LogP contribution in [0.5, 0.6) is 0 Å². The van der Waals surface area contributed by atoms with Crippen LogP contribution in [0.25, 0.3) is 0 Å². The lowest BCUT2D eigenvalue weighted by atomic mass is 10.1. The molecule has 2 N–H and O–H groups in total. The van der Waals surface area contributed by atoms with E-state index >= 15 is 0 Å². The van der Waals surface area contributed by atoms with Gasteiger partial charge in [-0.25, -0.2) is 4.98 Å². The zero-order valence-electron chi connectivity index (χ0n) is 9.15. The van der Waals surface area contributed by atoms with E-state index in [1.807, 2.05) is 30.9 Å². The molecule has 1 fully saturated rings. The molecule has 0 saturated heterocycles. The summed E-state index contributed by atoms with van der Waals surface area (Å²) in [5.74, 6) is 0. The van der Waals surface area contributed by atoms with Crippen LogP contribution in [-0.4, -0.2) is 10.2 Å². The van der Waals surface area contributed by atoms with Crippen LogP contribution in [0.4, 0.5) is 0 Å². The lowest BCUT2D eigenvalue weighted by Crippen LogP contribution is -2.05. The van der Waals surface area contributed by atoms with E-state index in [-0.39, 0.29) is 6.04 Å². The summed E-state index contributed by atoms with van der Waals surface area (Å²) in [5, 5.41) is 1.91. The van der Waals surface area contributed by atoms with Crippen LogP contribution >= 0.6 is 11.8 Å². The fraction of sp³-hybridized carbons (Fsp3) is 0.583. The topological polar surface area (TPSA) is 38.9 Å². The number of aromatic nitrogens is 1. The van der Waals surface area contributed by atoms with Crippen molar-refractivity contribution in [1.29, 1.82) is 0 Å². The zero-order chi connectivity index (χ0) is 10.7. The predicted molar refractivity (Wildman–Crippen MR) is 65.0 cm³/mol. The van der Waals surface area contributed by atoms with Crippen molar-refractivity contribution in [3.8, 4) is 0 Å². The molecule has 1 aromatic heterocycles. The maximum Gasteiger partial charge on any atom is 0.0965 e. The van der Waals surface area contributed by atoms with Gasteiger partial charge in [0.05, 0.1) is 5.03 Å². The highest BCUT2D eigenvalue weighted by Crippen LogP contribution is 2.34. The van der Waals surface area contributed by atoms with Gasteiger partial charge < -0.3 is 5.73 Å². The number of hydrogen-bond donors (Lipinski definition) is 1. The Balaban J connectivity index is 2.04. The van der Waals surface area contributed by atoms with E-state index in [0.29, 0.717) is 0 Å². The molecule has 1 aliphatic rings. The average Bonchev–Trinajstić information content (AvgIpc) is 2.71. The molecule has 1 aliphatic carbocycles. The standard InChI is InChI=1S/C12H18N2S/c1-9(13)10-6-7-14-12(8-10)15-11-4-2-3-5-11/h6-9,11H,2-5,13H2,1H3. The smallest absolute Gasteiger partial charge is 0.0965 e. The Morgan fingerprint density at radius 2 is 2.20 bits per heavy atom. The van der Waals surface area contributed by atoms with Crippen molar-refractivity contribution in [3.05, 3.63) is 23.9 Å². The summed E-state index contributed by atoms with van der Waals surface area (Å²) in [4.78, 5) is 4.39. The van der Waals surface area contributed by atoms with Crippen molar-refractivity contribution in [2.45, 2.75) is 48.9 Å². The summed E-state index contributed by atoms with van der Waals surface area (Å²) in [7, 11) is 0. The first-order valence-electron chi connectivity index (χ1n) is 5.64. The molecule has 0 bridgehead atoms. The lowest BCUT2D eigenvalue weighted by molar-refractivity contribution is 0.807. The summed E-state index contributed by atoms with van der Waals surface area (Å²) < 4.78 is 0. The van der Waals surface area contributed by atoms with Crippen LogP contribution in [0.3, 0.4) is 0 Å². The molecule has 0 aromatic carbocycles. The Morgan fingerprint density at radius 3 is 2.87 bits per heavy atom. The number of nitrogens with two attached hydrogens (primary N) is 1. The number of thioether (sulfide) groups is 1. The van der Waals surface area contributed by atoms with Gasteiger partial charge in [-0.2, -0.15) is 0 Å². The van der Waals surface area contributed by atoms with E-state index in [1.165, 1.54) is 31.2 Å². The first kappa shape index (κ1) is 11.0. The number of hydrogen-bond acceptors (Lipinski definition) is 3. The van der Waals surface area contributed by atoms with E-state index in [4.69, 9.17) is 5.73 Å². The summed E-state index contributed by atoms with van der Waals surface area (Å²) in [6.45, 7) is 2.01. The largest absolute Gasteiger partial charge is 0.324 e. The highest BCUT2D eigenvalue weighted by atomic mass is 32.2. The van der Waals surface area contributed by atoms with E-state index < -0.39 is 0 Å². The molecule has 15 heavy (non-hydrogen) atoms. The highest BCUT2D eigenvalue weighted by molar-refractivity contribution is 7.99. The minimum Gasteiger partial charge on any atom is -0.324 e. The Morgan fingerprint density at radius 1 is 1.47 bits per heavy atom. The molecule has 0 radical (unpaired) electrons. The maximum atomic E-state index is 5.85. The molecule has 1 atom stereocenters. The van der Waals surface area contributed by atoms with Crippen molar-refractivity contribution in [1.82, 2.24) is 4.98 Å². The molecule has 1 saturated carbocycles. The van der Waals surface area contributed by atoms with Crippen LogP contribution in [0.1, 0.15) is 44.2 Å². The van der Waals surface area contributed by atoms with Crippen molar-refractivity contribution in [2.75, 3.05) is 0 Å². The van der Waals surface area contributed by atoms with Gasteiger partial charge in [0, 0.05) is 17.5 Å². The van der Waals surface area contributed by atoms with Crippen LogP contribution < -0.4 is 5.73 Å². The number of pyridine rings is 1. The third-order valence-electron chi connectivity index (χ3n) is 2.87. The van der Waals surface area contributed by atoms with Crippen LogP contribution in [-0.2, 0) is 0 Å². The summed E-state index contributed by atoms with van der Waals surface area (Å²) in [6.07, 6.45) is 7.31. The Bertz CT molecular complexity index is 319. The number of nitrogens with zero attached hydrogens (tertiary/aromatic N) is 1.